The summed E-state index contributed by atoms with van der Waals surface area (Å²) in [5.74, 6) is -4.67. The van der Waals surface area contributed by atoms with Crippen molar-refractivity contribution < 1.29 is 47.6 Å². The quantitative estimate of drug-likeness (QED) is 0.610. The van der Waals surface area contributed by atoms with Crippen LogP contribution in [-0.2, 0) is 20.8 Å². The molecule has 0 aliphatic carbocycles. The number of aryl methyl sites for hydroxylation is 1. The molecule has 8 nitrogen and oxygen atoms in total. The van der Waals surface area contributed by atoms with Crippen LogP contribution >= 0.6 is 0 Å². The van der Waals surface area contributed by atoms with Gasteiger partial charge in [-0.05, 0) is 18.1 Å². The zero-order valence-corrected chi connectivity index (χ0v) is 13.4. The second-order valence-electron chi connectivity index (χ2n) is 5.59. The van der Waals surface area contributed by atoms with Crippen molar-refractivity contribution in [1.29, 1.82) is 0 Å². The van der Waals surface area contributed by atoms with Crippen LogP contribution in [0.25, 0.3) is 0 Å². The third kappa shape index (κ3) is 4.85. The lowest BCUT2D eigenvalue weighted by molar-refractivity contribution is -0.192. The number of hydrogen-bond acceptors (Lipinski definition) is 5. The second-order valence-corrected chi connectivity index (χ2v) is 5.59. The van der Waals surface area contributed by atoms with Crippen molar-refractivity contribution in [2.75, 3.05) is 0 Å². The van der Waals surface area contributed by atoms with Crippen LogP contribution in [0.4, 0.5) is 13.2 Å². The smallest absolute Gasteiger partial charge is 0.480 e. The Balaban J connectivity index is 0.000000412. The molecule has 0 unspecified atom stereocenters. The number of benzene rings is 1. The number of fused-ring (bicyclic) bond motifs is 1. The Morgan fingerprint density at radius 2 is 1.81 bits per heavy atom. The van der Waals surface area contributed by atoms with Crippen molar-refractivity contribution in [2.24, 2.45) is 5.73 Å². The van der Waals surface area contributed by atoms with Crippen molar-refractivity contribution in [2.45, 2.75) is 37.6 Å². The molecule has 5 N–H and O–H groups in total. The Kier molecular flexibility index (Phi) is 6.20. The molecule has 0 radical (unpaired) electrons. The van der Waals surface area contributed by atoms with Crippen LogP contribution < -0.4 is 10.5 Å². The van der Waals surface area contributed by atoms with E-state index in [-0.39, 0.29) is 12.8 Å². The summed E-state index contributed by atoms with van der Waals surface area (Å²) in [5.41, 5.74) is 5.45. The maximum Gasteiger partial charge on any atom is 0.490 e. The second kappa shape index (κ2) is 7.60. The summed E-state index contributed by atoms with van der Waals surface area (Å²) in [4.78, 5) is 31.2. The standard InChI is InChI=1S/C13H15NO5.C2HF3O2/c1-7-3-2-4-8-5-13(12(17)18,19-10(7)8)6-9(14)11(15)16;3-2(4,5)1(6)7/h2-4,9H,5-6,14H2,1H3,(H,15,16)(H,17,18);(H,6,7)/t9-,13-;/m0./s1. The van der Waals surface area contributed by atoms with E-state index in [0.717, 1.165) is 11.1 Å². The van der Waals surface area contributed by atoms with Gasteiger partial charge in [-0.3, -0.25) is 4.79 Å². The topological polar surface area (TPSA) is 147 Å². The maximum absolute atomic E-state index is 11.5. The minimum absolute atomic E-state index is 0.125. The Morgan fingerprint density at radius 3 is 2.19 bits per heavy atom. The van der Waals surface area contributed by atoms with Gasteiger partial charge in [-0.25, -0.2) is 9.59 Å². The molecule has 1 aliphatic heterocycles. The fraction of sp³-hybridized carbons (Fsp3) is 0.400. The minimum Gasteiger partial charge on any atom is -0.480 e. The first-order valence-electron chi connectivity index (χ1n) is 7.09. The lowest BCUT2D eigenvalue weighted by atomic mass is 9.90. The number of halogens is 3. The van der Waals surface area contributed by atoms with Crippen LogP contribution in [0.3, 0.4) is 0 Å². The van der Waals surface area contributed by atoms with Crippen LogP contribution in [0.5, 0.6) is 5.75 Å². The zero-order valence-electron chi connectivity index (χ0n) is 13.4. The van der Waals surface area contributed by atoms with E-state index in [1.165, 1.54) is 0 Å². The fourth-order valence-corrected chi connectivity index (χ4v) is 2.30. The third-order valence-corrected chi connectivity index (χ3v) is 3.57. The number of ether oxygens (including phenoxy) is 1. The van der Waals surface area contributed by atoms with Gasteiger partial charge < -0.3 is 25.8 Å². The highest BCUT2D eigenvalue weighted by atomic mass is 19.4. The number of rotatable bonds is 4. The molecule has 11 heteroatoms. The van der Waals surface area contributed by atoms with E-state index in [9.17, 15) is 27.9 Å². The molecule has 1 heterocycles. The van der Waals surface area contributed by atoms with Gasteiger partial charge in [0.2, 0.25) is 5.60 Å². The van der Waals surface area contributed by atoms with Gasteiger partial charge in [0.25, 0.3) is 0 Å². The van der Waals surface area contributed by atoms with Crippen molar-refractivity contribution >= 4 is 17.9 Å². The average Bonchev–Trinajstić information content (AvgIpc) is 2.88. The van der Waals surface area contributed by atoms with Gasteiger partial charge in [0.1, 0.15) is 11.8 Å². The zero-order chi connectivity index (χ0) is 20.3. The van der Waals surface area contributed by atoms with E-state index in [2.05, 4.69) is 0 Å². The highest BCUT2D eigenvalue weighted by Crippen LogP contribution is 2.39. The minimum atomic E-state index is -5.08. The third-order valence-electron chi connectivity index (χ3n) is 3.57. The first-order valence-corrected chi connectivity index (χ1v) is 7.09. The number of carboxylic acids is 3. The largest absolute Gasteiger partial charge is 0.490 e. The van der Waals surface area contributed by atoms with E-state index >= 15 is 0 Å². The summed E-state index contributed by atoms with van der Waals surface area (Å²) >= 11 is 0. The van der Waals surface area contributed by atoms with E-state index < -0.39 is 35.7 Å². The van der Waals surface area contributed by atoms with E-state index in [1.54, 1.807) is 6.07 Å². The molecule has 0 bridgehead atoms. The van der Waals surface area contributed by atoms with Crippen molar-refractivity contribution in [3.63, 3.8) is 0 Å². The molecule has 26 heavy (non-hydrogen) atoms. The number of alkyl halides is 3. The highest BCUT2D eigenvalue weighted by Gasteiger charge is 2.49. The summed E-state index contributed by atoms with van der Waals surface area (Å²) in [7, 11) is 0. The Labute approximate surface area is 145 Å². The molecule has 144 valence electrons. The van der Waals surface area contributed by atoms with Crippen LogP contribution in [0.1, 0.15) is 17.5 Å². The average molecular weight is 379 g/mol. The fourth-order valence-electron chi connectivity index (χ4n) is 2.30. The molecule has 1 aromatic carbocycles. The molecule has 0 amide bonds. The van der Waals surface area contributed by atoms with Crippen molar-refractivity contribution in [3.8, 4) is 5.75 Å². The Morgan fingerprint density at radius 1 is 1.27 bits per heavy atom. The molecule has 1 aliphatic rings. The number of carbonyl (C=O) groups is 3. The van der Waals surface area contributed by atoms with Gasteiger partial charge in [0, 0.05) is 12.8 Å². The predicted octanol–water partition coefficient (Wildman–Crippen LogP) is 1.19. The monoisotopic (exact) mass is 379 g/mol. The van der Waals surface area contributed by atoms with E-state index in [0.29, 0.717) is 5.75 Å². The first-order chi connectivity index (χ1) is 11.8. The lowest BCUT2D eigenvalue weighted by Gasteiger charge is -2.25. The molecule has 2 rings (SSSR count). The molecule has 0 aromatic heterocycles. The molecule has 0 saturated heterocycles. The van der Waals surface area contributed by atoms with Gasteiger partial charge in [0.15, 0.2) is 0 Å². The first kappa shape index (κ1) is 21.2. The van der Waals surface area contributed by atoms with Crippen molar-refractivity contribution in [3.05, 3.63) is 29.3 Å². The SMILES string of the molecule is Cc1cccc2c1O[C@@](C[C@H](N)C(=O)O)(C(=O)O)C2.O=C(O)C(F)(F)F. The predicted molar refractivity (Wildman–Crippen MR) is 79.8 cm³/mol. The summed E-state index contributed by atoms with van der Waals surface area (Å²) in [6.07, 6.45) is -5.23. The number of aliphatic carboxylic acids is 3. The van der Waals surface area contributed by atoms with Gasteiger partial charge in [0.05, 0.1) is 0 Å². The van der Waals surface area contributed by atoms with Gasteiger partial charge in [-0.1, -0.05) is 18.2 Å². The molecular formula is C15H16F3NO7. The van der Waals surface area contributed by atoms with Gasteiger partial charge in [-0.2, -0.15) is 13.2 Å². The lowest BCUT2D eigenvalue weighted by Crippen LogP contribution is -2.50. The molecule has 0 saturated carbocycles. The molecule has 1 aromatic rings. The number of nitrogens with two attached hydrogens (primary N) is 1. The molecule has 0 fully saturated rings. The van der Waals surface area contributed by atoms with Crippen LogP contribution in [0.15, 0.2) is 18.2 Å². The van der Waals surface area contributed by atoms with Crippen LogP contribution in [0.2, 0.25) is 0 Å². The van der Waals surface area contributed by atoms with E-state index in [1.807, 2.05) is 19.1 Å². The summed E-state index contributed by atoms with van der Waals surface area (Å²) < 4.78 is 37.3. The number of hydrogen-bond donors (Lipinski definition) is 4. The van der Waals surface area contributed by atoms with Crippen LogP contribution in [0, 0.1) is 6.92 Å². The Bertz CT molecular complexity index is 720. The number of carboxylic acid groups (broad SMARTS) is 3. The summed E-state index contributed by atoms with van der Waals surface area (Å²) in [6, 6.07) is 4.13. The van der Waals surface area contributed by atoms with Gasteiger partial charge in [-0.15, -0.1) is 0 Å². The summed E-state index contributed by atoms with van der Waals surface area (Å²) in [5, 5.41) is 25.3. The Hall–Kier alpha value is -2.82. The maximum atomic E-state index is 11.5. The van der Waals surface area contributed by atoms with E-state index in [4.69, 9.17) is 25.5 Å². The summed E-state index contributed by atoms with van der Waals surface area (Å²) in [6.45, 7) is 1.81. The highest BCUT2D eigenvalue weighted by molar-refractivity contribution is 5.82. The molecule has 2 atom stereocenters. The molecular weight excluding hydrogens is 363 g/mol. The van der Waals surface area contributed by atoms with Crippen LogP contribution in [-0.4, -0.2) is 51.0 Å². The van der Waals surface area contributed by atoms with Crippen molar-refractivity contribution in [1.82, 2.24) is 0 Å². The normalized spacial score (nSPS) is 19.4. The molecule has 0 spiro atoms. The van der Waals surface area contributed by atoms with Gasteiger partial charge >= 0.3 is 24.1 Å². The number of para-hydroxylation sites is 1.